The first-order valence-corrected chi connectivity index (χ1v) is 5.63. The molecule has 0 spiro atoms. The highest BCUT2D eigenvalue weighted by atomic mass is 16.6. The molecule has 0 aliphatic carbocycles. The van der Waals surface area contributed by atoms with Gasteiger partial charge in [0.15, 0.2) is 5.65 Å². The molecule has 1 fully saturated rings. The Bertz CT molecular complexity index is 558. The highest BCUT2D eigenvalue weighted by Gasteiger charge is 2.44. The molecular weight excluding hydrogens is 238 g/mol. The summed E-state index contributed by atoms with van der Waals surface area (Å²) in [6.45, 7) is -0.345. The van der Waals surface area contributed by atoms with E-state index < -0.39 is 24.4 Å². The first-order chi connectivity index (χ1) is 8.72. The number of ether oxygens (including phenoxy) is 1. The standard InChI is InChI=1S/C11H13N3O4/c15-5-7-9(16)10(17)11(18-7)6-1-3-12-8-2-4-13-14(6)8/h1-4,7,9-11,15-17H,5H2/t7-,9-,10-,11+/m1/s1. The van der Waals surface area contributed by atoms with Crippen LogP contribution in [0.25, 0.3) is 5.65 Å². The minimum Gasteiger partial charge on any atom is -0.394 e. The van der Waals surface area contributed by atoms with Crippen LogP contribution in [-0.4, -0.2) is 54.8 Å². The Labute approximate surface area is 102 Å². The van der Waals surface area contributed by atoms with Gasteiger partial charge in [0.1, 0.15) is 24.4 Å². The quantitative estimate of drug-likeness (QED) is 0.625. The molecule has 0 bridgehead atoms. The third kappa shape index (κ3) is 1.60. The van der Waals surface area contributed by atoms with E-state index in [9.17, 15) is 10.2 Å². The van der Waals surface area contributed by atoms with E-state index in [-0.39, 0.29) is 6.61 Å². The topological polar surface area (TPSA) is 100 Å². The van der Waals surface area contributed by atoms with Crippen LogP contribution in [0.15, 0.2) is 24.5 Å². The molecular formula is C11H13N3O4. The van der Waals surface area contributed by atoms with Crippen molar-refractivity contribution in [2.24, 2.45) is 0 Å². The van der Waals surface area contributed by atoms with E-state index >= 15 is 0 Å². The lowest BCUT2D eigenvalue weighted by atomic mass is 10.1. The van der Waals surface area contributed by atoms with Crippen LogP contribution in [-0.2, 0) is 4.74 Å². The highest BCUT2D eigenvalue weighted by molar-refractivity contribution is 5.37. The van der Waals surface area contributed by atoms with Crippen molar-refractivity contribution in [3.05, 3.63) is 30.2 Å². The van der Waals surface area contributed by atoms with E-state index in [0.29, 0.717) is 11.3 Å². The van der Waals surface area contributed by atoms with Crippen LogP contribution < -0.4 is 0 Å². The average Bonchev–Trinajstić information content (AvgIpc) is 2.96. The lowest BCUT2D eigenvalue weighted by Gasteiger charge is -2.15. The van der Waals surface area contributed by atoms with Crippen molar-refractivity contribution in [1.29, 1.82) is 0 Å². The molecule has 3 N–H and O–H groups in total. The maximum absolute atomic E-state index is 9.96. The Hall–Kier alpha value is -1.54. The van der Waals surface area contributed by atoms with E-state index in [1.54, 1.807) is 29.0 Å². The molecule has 3 rings (SSSR count). The number of fused-ring (bicyclic) bond motifs is 1. The Morgan fingerprint density at radius 2 is 2.06 bits per heavy atom. The van der Waals surface area contributed by atoms with Gasteiger partial charge in [-0.15, -0.1) is 0 Å². The summed E-state index contributed by atoms with van der Waals surface area (Å²) >= 11 is 0. The summed E-state index contributed by atoms with van der Waals surface area (Å²) in [6, 6.07) is 3.39. The van der Waals surface area contributed by atoms with Crippen molar-refractivity contribution in [1.82, 2.24) is 14.6 Å². The first kappa shape index (κ1) is 11.5. The largest absolute Gasteiger partial charge is 0.394 e. The minimum atomic E-state index is -1.11. The van der Waals surface area contributed by atoms with Crippen molar-refractivity contribution in [3.63, 3.8) is 0 Å². The first-order valence-electron chi connectivity index (χ1n) is 5.63. The molecule has 1 aliphatic heterocycles. The predicted molar refractivity (Wildman–Crippen MR) is 59.7 cm³/mol. The normalized spacial score (nSPS) is 32.2. The van der Waals surface area contributed by atoms with Gasteiger partial charge in [0.25, 0.3) is 0 Å². The smallest absolute Gasteiger partial charge is 0.155 e. The SMILES string of the molecule is OC[C@H]1O[C@@H](c2ccnc3ccnn23)[C@H](O)[C@@H]1O. The molecule has 0 aromatic carbocycles. The Morgan fingerprint density at radius 1 is 1.22 bits per heavy atom. The summed E-state index contributed by atoms with van der Waals surface area (Å²) in [7, 11) is 0. The van der Waals surface area contributed by atoms with Crippen LogP contribution in [0.2, 0.25) is 0 Å². The van der Waals surface area contributed by atoms with Gasteiger partial charge in [-0.05, 0) is 6.07 Å². The number of aliphatic hydroxyl groups is 3. The monoisotopic (exact) mass is 251 g/mol. The Balaban J connectivity index is 2.02. The molecule has 96 valence electrons. The van der Waals surface area contributed by atoms with Crippen LogP contribution in [0.3, 0.4) is 0 Å². The maximum Gasteiger partial charge on any atom is 0.155 e. The van der Waals surface area contributed by atoms with Gasteiger partial charge in [-0.3, -0.25) is 0 Å². The van der Waals surface area contributed by atoms with E-state index in [4.69, 9.17) is 9.84 Å². The lowest BCUT2D eigenvalue weighted by molar-refractivity contribution is -0.0245. The van der Waals surface area contributed by atoms with Crippen molar-refractivity contribution in [3.8, 4) is 0 Å². The van der Waals surface area contributed by atoms with Crippen molar-refractivity contribution >= 4 is 5.65 Å². The van der Waals surface area contributed by atoms with Gasteiger partial charge < -0.3 is 20.1 Å². The number of aromatic nitrogens is 3. The van der Waals surface area contributed by atoms with Crippen LogP contribution in [0.1, 0.15) is 11.8 Å². The van der Waals surface area contributed by atoms with Gasteiger partial charge in [0.05, 0.1) is 18.5 Å². The van der Waals surface area contributed by atoms with Crippen molar-refractivity contribution in [2.45, 2.75) is 24.4 Å². The highest BCUT2D eigenvalue weighted by Crippen LogP contribution is 2.33. The van der Waals surface area contributed by atoms with E-state index in [2.05, 4.69) is 10.1 Å². The molecule has 4 atom stereocenters. The molecule has 0 unspecified atom stereocenters. The Kier molecular flexibility index (Phi) is 2.75. The minimum absolute atomic E-state index is 0.345. The molecule has 0 radical (unpaired) electrons. The zero-order valence-corrected chi connectivity index (χ0v) is 9.42. The molecule has 7 nitrogen and oxygen atoms in total. The summed E-state index contributed by atoms with van der Waals surface area (Å²) < 4.78 is 7.00. The molecule has 7 heteroatoms. The van der Waals surface area contributed by atoms with E-state index in [0.717, 1.165) is 0 Å². The second-order valence-electron chi connectivity index (χ2n) is 4.23. The number of nitrogens with zero attached hydrogens (tertiary/aromatic N) is 3. The number of hydrogen-bond acceptors (Lipinski definition) is 6. The third-order valence-electron chi connectivity index (χ3n) is 3.15. The van der Waals surface area contributed by atoms with Crippen LogP contribution in [0, 0.1) is 0 Å². The molecule has 2 aromatic rings. The fourth-order valence-electron chi connectivity index (χ4n) is 2.21. The molecule has 3 heterocycles. The summed E-state index contributed by atoms with van der Waals surface area (Å²) in [5.74, 6) is 0. The average molecular weight is 251 g/mol. The van der Waals surface area contributed by atoms with Crippen molar-refractivity contribution < 1.29 is 20.1 Å². The fraction of sp³-hybridized carbons (Fsp3) is 0.455. The van der Waals surface area contributed by atoms with Crippen LogP contribution in [0.5, 0.6) is 0 Å². The second kappa shape index (κ2) is 4.29. The predicted octanol–water partition coefficient (Wildman–Crippen LogP) is -1.12. The molecule has 1 aliphatic rings. The zero-order chi connectivity index (χ0) is 12.7. The van der Waals surface area contributed by atoms with Gasteiger partial charge >= 0.3 is 0 Å². The van der Waals surface area contributed by atoms with Gasteiger partial charge in [0, 0.05) is 12.3 Å². The molecule has 18 heavy (non-hydrogen) atoms. The number of rotatable bonds is 2. The van der Waals surface area contributed by atoms with Gasteiger partial charge in [-0.1, -0.05) is 0 Å². The van der Waals surface area contributed by atoms with Gasteiger partial charge in [-0.25, -0.2) is 9.50 Å². The molecule has 0 saturated carbocycles. The maximum atomic E-state index is 9.96. The van der Waals surface area contributed by atoms with Crippen LogP contribution >= 0.6 is 0 Å². The van der Waals surface area contributed by atoms with E-state index in [1.165, 1.54) is 0 Å². The summed E-state index contributed by atoms with van der Waals surface area (Å²) in [6.07, 6.45) is -0.559. The fourth-order valence-corrected chi connectivity index (χ4v) is 2.21. The second-order valence-corrected chi connectivity index (χ2v) is 4.23. The number of aliphatic hydroxyl groups excluding tert-OH is 3. The van der Waals surface area contributed by atoms with Gasteiger partial charge in [0.2, 0.25) is 0 Å². The Morgan fingerprint density at radius 3 is 2.78 bits per heavy atom. The van der Waals surface area contributed by atoms with Crippen molar-refractivity contribution in [2.75, 3.05) is 6.61 Å². The molecule has 1 saturated heterocycles. The summed E-state index contributed by atoms with van der Waals surface area (Å²) in [5, 5.41) is 32.8. The third-order valence-corrected chi connectivity index (χ3v) is 3.15. The number of hydrogen-bond donors (Lipinski definition) is 3. The summed E-state index contributed by atoms with van der Waals surface area (Å²) in [5.41, 5.74) is 1.22. The molecule has 2 aromatic heterocycles. The van der Waals surface area contributed by atoms with Crippen LogP contribution in [0.4, 0.5) is 0 Å². The van der Waals surface area contributed by atoms with E-state index in [1.807, 2.05) is 0 Å². The summed E-state index contributed by atoms with van der Waals surface area (Å²) in [4.78, 5) is 4.11. The van der Waals surface area contributed by atoms with Gasteiger partial charge in [-0.2, -0.15) is 5.10 Å². The lowest BCUT2D eigenvalue weighted by Crippen LogP contribution is -2.32. The zero-order valence-electron chi connectivity index (χ0n) is 9.42. The molecule has 0 amide bonds.